The topological polar surface area (TPSA) is 55.3 Å². The summed E-state index contributed by atoms with van der Waals surface area (Å²) in [6.07, 6.45) is 3.52. The fourth-order valence-corrected chi connectivity index (χ4v) is 3.18. The average molecular weight is 364 g/mol. The molecule has 1 N–H and O–H groups in total. The summed E-state index contributed by atoms with van der Waals surface area (Å²) in [5, 5.41) is 3.43. The van der Waals surface area contributed by atoms with Crippen molar-refractivity contribution in [1.29, 1.82) is 0 Å². The molecule has 6 heteroatoms. The Bertz CT molecular complexity index is 571. The smallest absolute Gasteiger partial charge is 0.193 e. The second-order valence-corrected chi connectivity index (χ2v) is 6.58. The third-order valence-electron chi connectivity index (χ3n) is 4.77. The van der Waals surface area contributed by atoms with Gasteiger partial charge in [-0.05, 0) is 49.8 Å². The molecule has 0 unspecified atom stereocenters. The lowest BCUT2D eigenvalue weighted by atomic mass is 9.96. The Hall–Kier alpha value is -1.95. The van der Waals surface area contributed by atoms with Crippen molar-refractivity contribution in [3.63, 3.8) is 0 Å². The quantitative estimate of drug-likeness (QED) is 0.568. The molecule has 1 aliphatic heterocycles. The summed E-state index contributed by atoms with van der Waals surface area (Å²) < 4.78 is 16.4. The molecule has 26 heavy (non-hydrogen) atoms. The molecule has 0 saturated carbocycles. The molecule has 1 fully saturated rings. The maximum atomic E-state index is 5.57. The van der Waals surface area contributed by atoms with Gasteiger partial charge >= 0.3 is 0 Å². The lowest BCUT2D eigenvalue weighted by molar-refractivity contribution is 0.0625. The Morgan fingerprint density at radius 1 is 1.31 bits per heavy atom. The first kappa shape index (κ1) is 20.4. The Labute approximate surface area is 157 Å². The number of rotatable bonds is 8. The Morgan fingerprint density at radius 3 is 2.73 bits per heavy atom. The number of guanidine groups is 1. The number of nitrogens with one attached hydrogen (secondary N) is 1. The molecule has 6 nitrogen and oxygen atoms in total. The summed E-state index contributed by atoms with van der Waals surface area (Å²) in [5.41, 5.74) is 1.13. The van der Waals surface area contributed by atoms with E-state index in [4.69, 9.17) is 14.2 Å². The van der Waals surface area contributed by atoms with Crippen LogP contribution in [0.5, 0.6) is 11.5 Å². The average Bonchev–Trinajstić information content (AvgIpc) is 2.68. The van der Waals surface area contributed by atoms with Crippen molar-refractivity contribution in [2.75, 3.05) is 47.6 Å². The van der Waals surface area contributed by atoms with Gasteiger partial charge in [0, 0.05) is 40.4 Å². The van der Waals surface area contributed by atoms with Crippen LogP contribution in [0.25, 0.3) is 0 Å². The lowest BCUT2D eigenvalue weighted by Crippen LogP contribution is -2.39. The van der Waals surface area contributed by atoms with E-state index in [0.717, 1.165) is 48.7 Å². The molecule has 1 heterocycles. The first-order chi connectivity index (χ1) is 12.7. The third kappa shape index (κ3) is 6.09. The van der Waals surface area contributed by atoms with Gasteiger partial charge in [0.2, 0.25) is 0 Å². The number of benzene rings is 1. The minimum Gasteiger partial charge on any atom is -0.493 e. The molecule has 2 rings (SSSR count). The normalized spacial score (nSPS) is 15.6. The van der Waals surface area contributed by atoms with E-state index in [0.29, 0.717) is 13.2 Å². The van der Waals surface area contributed by atoms with E-state index in [1.54, 1.807) is 7.11 Å². The molecular formula is C20H33N3O3. The standard InChI is InChI=1S/C20H33N3O3/c1-5-26-18-7-6-17(14-19(18)24-4)15-22-20(21-2)23(3)11-8-16-9-12-25-13-10-16/h6-7,14,16H,5,8-13,15H2,1-4H3,(H,21,22). The van der Waals surface area contributed by atoms with Crippen molar-refractivity contribution < 1.29 is 14.2 Å². The molecule has 1 aromatic carbocycles. The molecule has 0 spiro atoms. The summed E-state index contributed by atoms with van der Waals surface area (Å²) in [6.45, 7) is 6.09. The zero-order chi connectivity index (χ0) is 18.8. The number of ether oxygens (including phenoxy) is 3. The predicted octanol–water partition coefficient (Wildman–Crippen LogP) is 2.92. The number of hydrogen-bond acceptors (Lipinski definition) is 4. The molecule has 0 atom stereocenters. The lowest BCUT2D eigenvalue weighted by Gasteiger charge is -2.27. The summed E-state index contributed by atoms with van der Waals surface area (Å²) in [4.78, 5) is 6.60. The van der Waals surface area contributed by atoms with Crippen LogP contribution in [-0.4, -0.2) is 58.4 Å². The number of nitrogens with zero attached hydrogens (tertiary/aromatic N) is 2. The highest BCUT2D eigenvalue weighted by Crippen LogP contribution is 2.28. The number of aliphatic imine (C=N–C) groups is 1. The van der Waals surface area contributed by atoms with Gasteiger partial charge in [0.05, 0.1) is 13.7 Å². The highest BCUT2D eigenvalue weighted by molar-refractivity contribution is 5.79. The van der Waals surface area contributed by atoms with Crippen molar-refractivity contribution in [2.24, 2.45) is 10.9 Å². The highest BCUT2D eigenvalue weighted by atomic mass is 16.5. The van der Waals surface area contributed by atoms with E-state index in [1.807, 2.05) is 26.1 Å². The highest BCUT2D eigenvalue weighted by Gasteiger charge is 2.15. The van der Waals surface area contributed by atoms with Crippen LogP contribution < -0.4 is 14.8 Å². The van der Waals surface area contributed by atoms with Crippen LogP contribution in [-0.2, 0) is 11.3 Å². The van der Waals surface area contributed by atoms with E-state index >= 15 is 0 Å². The molecule has 0 amide bonds. The molecule has 1 saturated heterocycles. The van der Waals surface area contributed by atoms with E-state index in [2.05, 4.69) is 28.3 Å². The van der Waals surface area contributed by atoms with Gasteiger partial charge < -0.3 is 24.4 Å². The predicted molar refractivity (Wildman–Crippen MR) is 105 cm³/mol. The van der Waals surface area contributed by atoms with Crippen molar-refractivity contribution in [2.45, 2.75) is 32.7 Å². The molecule has 146 valence electrons. The van der Waals surface area contributed by atoms with Gasteiger partial charge in [0.1, 0.15) is 0 Å². The van der Waals surface area contributed by atoms with Crippen LogP contribution in [0, 0.1) is 5.92 Å². The Kier molecular flexibility index (Phi) is 8.54. The van der Waals surface area contributed by atoms with Crippen LogP contribution in [0.3, 0.4) is 0 Å². The zero-order valence-corrected chi connectivity index (χ0v) is 16.6. The van der Waals surface area contributed by atoms with E-state index in [-0.39, 0.29) is 0 Å². The summed E-state index contributed by atoms with van der Waals surface area (Å²) >= 11 is 0. The third-order valence-corrected chi connectivity index (χ3v) is 4.77. The summed E-state index contributed by atoms with van der Waals surface area (Å²) in [6, 6.07) is 6.01. The van der Waals surface area contributed by atoms with Gasteiger partial charge in [-0.25, -0.2) is 0 Å². The van der Waals surface area contributed by atoms with Gasteiger partial charge in [-0.3, -0.25) is 4.99 Å². The maximum Gasteiger partial charge on any atom is 0.193 e. The molecule has 0 radical (unpaired) electrons. The van der Waals surface area contributed by atoms with E-state index in [1.165, 1.54) is 19.3 Å². The van der Waals surface area contributed by atoms with Gasteiger partial charge in [0.15, 0.2) is 17.5 Å². The van der Waals surface area contributed by atoms with Crippen molar-refractivity contribution in [3.05, 3.63) is 23.8 Å². The molecular weight excluding hydrogens is 330 g/mol. The van der Waals surface area contributed by atoms with Crippen LogP contribution in [0.4, 0.5) is 0 Å². The van der Waals surface area contributed by atoms with Gasteiger partial charge in [-0.2, -0.15) is 0 Å². The molecule has 0 bridgehead atoms. The SMILES string of the molecule is CCOc1ccc(CNC(=NC)N(C)CCC2CCOCC2)cc1OC. The van der Waals surface area contributed by atoms with Crippen molar-refractivity contribution in [1.82, 2.24) is 10.2 Å². The van der Waals surface area contributed by atoms with Crippen LogP contribution in [0.1, 0.15) is 31.7 Å². The van der Waals surface area contributed by atoms with Gasteiger partial charge in [-0.1, -0.05) is 6.07 Å². The molecule has 1 aromatic rings. The van der Waals surface area contributed by atoms with E-state index < -0.39 is 0 Å². The molecule has 1 aliphatic rings. The molecule has 0 aliphatic carbocycles. The van der Waals surface area contributed by atoms with Gasteiger partial charge in [0.25, 0.3) is 0 Å². The van der Waals surface area contributed by atoms with Crippen molar-refractivity contribution >= 4 is 5.96 Å². The monoisotopic (exact) mass is 363 g/mol. The Balaban J connectivity index is 1.85. The fraction of sp³-hybridized carbons (Fsp3) is 0.650. The van der Waals surface area contributed by atoms with Gasteiger partial charge in [-0.15, -0.1) is 0 Å². The minimum absolute atomic E-state index is 0.624. The van der Waals surface area contributed by atoms with Crippen LogP contribution in [0.2, 0.25) is 0 Å². The van der Waals surface area contributed by atoms with Crippen LogP contribution in [0.15, 0.2) is 23.2 Å². The summed E-state index contributed by atoms with van der Waals surface area (Å²) in [5.74, 6) is 3.20. The fourth-order valence-electron chi connectivity index (χ4n) is 3.18. The minimum atomic E-state index is 0.624. The number of hydrogen-bond donors (Lipinski definition) is 1. The first-order valence-electron chi connectivity index (χ1n) is 9.47. The largest absolute Gasteiger partial charge is 0.493 e. The summed E-state index contributed by atoms with van der Waals surface area (Å²) in [7, 11) is 5.58. The zero-order valence-electron chi connectivity index (χ0n) is 16.6. The second kappa shape index (κ2) is 10.9. The Morgan fingerprint density at radius 2 is 2.08 bits per heavy atom. The molecule has 0 aromatic heterocycles. The first-order valence-corrected chi connectivity index (χ1v) is 9.47. The second-order valence-electron chi connectivity index (χ2n) is 6.58. The number of methoxy groups -OCH3 is 1. The maximum absolute atomic E-state index is 5.57. The van der Waals surface area contributed by atoms with Crippen LogP contribution >= 0.6 is 0 Å². The van der Waals surface area contributed by atoms with Crippen molar-refractivity contribution in [3.8, 4) is 11.5 Å². The van der Waals surface area contributed by atoms with E-state index in [9.17, 15) is 0 Å².